The Kier molecular flexibility index (Phi) is 4.59. The third-order valence-corrected chi connectivity index (χ3v) is 3.91. The van der Waals surface area contributed by atoms with E-state index in [1.807, 2.05) is 30.3 Å². The summed E-state index contributed by atoms with van der Waals surface area (Å²) in [6, 6.07) is 12.9. The minimum atomic E-state index is -0.140. The highest BCUT2D eigenvalue weighted by Gasteiger charge is 2.08. The van der Waals surface area contributed by atoms with Gasteiger partial charge in [0.1, 0.15) is 0 Å². The van der Waals surface area contributed by atoms with Crippen LogP contribution in [0.15, 0.2) is 55.9 Å². The fraction of sp³-hybridized carbons (Fsp3) is 0. The second-order valence-corrected chi connectivity index (χ2v) is 6.27. The van der Waals surface area contributed by atoms with Gasteiger partial charge in [0.15, 0.2) is 0 Å². The molecule has 0 fully saturated rings. The molecule has 0 bridgehead atoms. The summed E-state index contributed by atoms with van der Waals surface area (Å²) in [5, 5.41) is 2.85. The quantitative estimate of drug-likeness (QED) is 0.690. The van der Waals surface area contributed by atoms with Gasteiger partial charge in [0, 0.05) is 19.0 Å². The molecular formula is C13H8Br3NO. The van der Waals surface area contributed by atoms with Crippen molar-refractivity contribution < 1.29 is 4.79 Å². The summed E-state index contributed by atoms with van der Waals surface area (Å²) < 4.78 is 2.67. The minimum absolute atomic E-state index is 0.140. The highest BCUT2D eigenvalue weighted by atomic mass is 79.9. The van der Waals surface area contributed by atoms with Crippen molar-refractivity contribution in [1.29, 1.82) is 0 Å². The number of halogens is 3. The molecule has 0 spiro atoms. The number of amides is 1. The Bertz CT molecular complexity index is 599. The lowest BCUT2D eigenvalue weighted by Crippen LogP contribution is -2.12. The molecule has 1 N–H and O–H groups in total. The van der Waals surface area contributed by atoms with Crippen molar-refractivity contribution in [2.24, 2.45) is 0 Å². The van der Waals surface area contributed by atoms with Crippen LogP contribution in [0.2, 0.25) is 0 Å². The van der Waals surface area contributed by atoms with E-state index in [-0.39, 0.29) is 5.91 Å². The van der Waals surface area contributed by atoms with Crippen LogP contribution in [0.5, 0.6) is 0 Å². The van der Waals surface area contributed by atoms with E-state index in [4.69, 9.17) is 0 Å². The number of hydrogen-bond acceptors (Lipinski definition) is 1. The van der Waals surface area contributed by atoms with Crippen LogP contribution in [-0.4, -0.2) is 5.91 Å². The molecule has 1 amide bonds. The van der Waals surface area contributed by atoms with Crippen molar-refractivity contribution in [2.75, 3.05) is 5.32 Å². The van der Waals surface area contributed by atoms with Crippen molar-refractivity contribution >= 4 is 59.4 Å². The van der Waals surface area contributed by atoms with Crippen LogP contribution >= 0.6 is 47.8 Å². The van der Waals surface area contributed by atoms with Gasteiger partial charge in [-0.25, -0.2) is 0 Å². The molecule has 18 heavy (non-hydrogen) atoms. The SMILES string of the molecule is O=C(Nc1ccc(Br)cc1Br)c1cccc(Br)c1. The van der Waals surface area contributed by atoms with E-state index in [1.165, 1.54) is 0 Å². The van der Waals surface area contributed by atoms with Crippen molar-refractivity contribution in [3.05, 3.63) is 61.4 Å². The molecule has 0 aliphatic carbocycles. The van der Waals surface area contributed by atoms with E-state index in [9.17, 15) is 4.79 Å². The van der Waals surface area contributed by atoms with E-state index >= 15 is 0 Å². The zero-order valence-corrected chi connectivity index (χ0v) is 13.8. The predicted molar refractivity (Wildman–Crippen MR) is 83.9 cm³/mol. The van der Waals surface area contributed by atoms with Gasteiger partial charge in [-0.05, 0) is 52.3 Å². The van der Waals surface area contributed by atoms with Crippen LogP contribution in [-0.2, 0) is 0 Å². The molecule has 92 valence electrons. The Balaban J connectivity index is 2.21. The predicted octanol–water partition coefficient (Wildman–Crippen LogP) is 5.23. The van der Waals surface area contributed by atoms with E-state index in [2.05, 4.69) is 53.1 Å². The zero-order valence-electron chi connectivity index (χ0n) is 9.08. The molecule has 0 aromatic heterocycles. The van der Waals surface area contributed by atoms with Crippen LogP contribution in [0, 0.1) is 0 Å². The van der Waals surface area contributed by atoms with Crippen LogP contribution in [0.4, 0.5) is 5.69 Å². The van der Waals surface area contributed by atoms with E-state index < -0.39 is 0 Å². The lowest BCUT2D eigenvalue weighted by atomic mass is 10.2. The lowest BCUT2D eigenvalue weighted by Gasteiger charge is -2.08. The zero-order chi connectivity index (χ0) is 13.1. The molecule has 0 heterocycles. The van der Waals surface area contributed by atoms with E-state index in [1.54, 1.807) is 12.1 Å². The van der Waals surface area contributed by atoms with Gasteiger partial charge in [-0.15, -0.1) is 0 Å². The van der Waals surface area contributed by atoms with Crippen molar-refractivity contribution in [1.82, 2.24) is 0 Å². The Morgan fingerprint density at radius 2 is 1.67 bits per heavy atom. The highest BCUT2D eigenvalue weighted by Crippen LogP contribution is 2.26. The van der Waals surface area contributed by atoms with Crippen molar-refractivity contribution in [3.63, 3.8) is 0 Å². The molecule has 0 saturated carbocycles. The summed E-state index contributed by atoms with van der Waals surface area (Å²) in [5.41, 5.74) is 1.35. The Labute approximate surface area is 130 Å². The molecule has 0 radical (unpaired) electrons. The topological polar surface area (TPSA) is 29.1 Å². The molecule has 0 aliphatic rings. The normalized spacial score (nSPS) is 10.2. The van der Waals surface area contributed by atoms with Crippen LogP contribution in [0.3, 0.4) is 0 Å². The fourth-order valence-electron chi connectivity index (χ4n) is 1.42. The van der Waals surface area contributed by atoms with Crippen LogP contribution < -0.4 is 5.32 Å². The standard InChI is InChI=1S/C13H8Br3NO/c14-9-3-1-2-8(6-9)13(18)17-12-5-4-10(15)7-11(12)16/h1-7H,(H,17,18). The summed E-state index contributed by atoms with van der Waals surface area (Å²) in [4.78, 5) is 12.0. The maximum absolute atomic E-state index is 12.0. The van der Waals surface area contributed by atoms with Gasteiger partial charge < -0.3 is 5.32 Å². The summed E-state index contributed by atoms with van der Waals surface area (Å²) in [7, 11) is 0. The first-order chi connectivity index (χ1) is 8.56. The fourth-order valence-corrected chi connectivity index (χ4v) is 2.96. The van der Waals surface area contributed by atoms with Crippen LogP contribution in [0.1, 0.15) is 10.4 Å². The molecule has 0 aliphatic heterocycles. The first-order valence-electron chi connectivity index (χ1n) is 5.08. The molecule has 0 saturated heterocycles. The molecule has 2 aromatic rings. The average molecular weight is 434 g/mol. The van der Waals surface area contributed by atoms with Gasteiger partial charge in [0.25, 0.3) is 5.91 Å². The molecule has 5 heteroatoms. The Hall–Kier alpha value is -0.650. The maximum atomic E-state index is 12.0. The molecule has 0 atom stereocenters. The van der Waals surface area contributed by atoms with Gasteiger partial charge in [0.05, 0.1) is 5.69 Å². The second kappa shape index (κ2) is 5.99. The number of anilines is 1. The third kappa shape index (κ3) is 3.43. The van der Waals surface area contributed by atoms with Gasteiger partial charge in [-0.3, -0.25) is 4.79 Å². The summed E-state index contributed by atoms with van der Waals surface area (Å²) in [6.07, 6.45) is 0. The lowest BCUT2D eigenvalue weighted by molar-refractivity contribution is 0.102. The monoisotopic (exact) mass is 431 g/mol. The maximum Gasteiger partial charge on any atom is 0.255 e. The van der Waals surface area contributed by atoms with Gasteiger partial charge in [0.2, 0.25) is 0 Å². The Morgan fingerprint density at radius 1 is 0.944 bits per heavy atom. The number of hydrogen-bond donors (Lipinski definition) is 1. The average Bonchev–Trinajstić information content (AvgIpc) is 2.32. The molecule has 2 nitrogen and oxygen atoms in total. The first-order valence-corrected chi connectivity index (χ1v) is 7.46. The number of carbonyl (C=O) groups excluding carboxylic acids is 1. The highest BCUT2D eigenvalue weighted by molar-refractivity contribution is 9.11. The van der Waals surface area contributed by atoms with E-state index in [0.29, 0.717) is 5.56 Å². The molecule has 0 unspecified atom stereocenters. The van der Waals surface area contributed by atoms with Gasteiger partial charge in [-0.1, -0.05) is 37.9 Å². The third-order valence-electron chi connectivity index (χ3n) is 2.27. The van der Waals surface area contributed by atoms with E-state index in [0.717, 1.165) is 19.1 Å². The molecule has 2 aromatic carbocycles. The van der Waals surface area contributed by atoms with Gasteiger partial charge >= 0.3 is 0 Å². The second-order valence-electron chi connectivity index (χ2n) is 3.59. The number of nitrogens with one attached hydrogen (secondary N) is 1. The first kappa shape index (κ1) is 13.8. The molecule has 2 rings (SSSR count). The van der Waals surface area contributed by atoms with Crippen molar-refractivity contribution in [3.8, 4) is 0 Å². The summed E-state index contributed by atoms with van der Waals surface area (Å²) in [6.45, 7) is 0. The number of rotatable bonds is 2. The summed E-state index contributed by atoms with van der Waals surface area (Å²) >= 11 is 10.1. The molecular weight excluding hydrogens is 426 g/mol. The summed E-state index contributed by atoms with van der Waals surface area (Å²) in [5.74, 6) is -0.140. The van der Waals surface area contributed by atoms with Crippen LogP contribution in [0.25, 0.3) is 0 Å². The van der Waals surface area contributed by atoms with Crippen molar-refractivity contribution in [2.45, 2.75) is 0 Å². The minimum Gasteiger partial charge on any atom is -0.321 e. The largest absolute Gasteiger partial charge is 0.321 e. The number of carbonyl (C=O) groups is 1. The number of benzene rings is 2. The smallest absolute Gasteiger partial charge is 0.255 e. The van der Waals surface area contributed by atoms with Gasteiger partial charge in [-0.2, -0.15) is 0 Å². The Morgan fingerprint density at radius 3 is 2.33 bits per heavy atom.